The van der Waals surface area contributed by atoms with E-state index in [1.165, 1.54) is 32.1 Å². The summed E-state index contributed by atoms with van der Waals surface area (Å²) in [6.07, 6.45) is 9.32. The maximum atomic E-state index is 12.3. The molecule has 1 amide bonds. The van der Waals surface area contributed by atoms with E-state index in [2.05, 4.69) is 4.90 Å². The Morgan fingerprint density at radius 3 is 2.05 bits per heavy atom. The van der Waals surface area contributed by atoms with E-state index in [1.54, 1.807) is 0 Å². The van der Waals surface area contributed by atoms with Crippen molar-refractivity contribution in [1.29, 1.82) is 0 Å². The van der Waals surface area contributed by atoms with Gasteiger partial charge in [-0.1, -0.05) is 12.8 Å². The van der Waals surface area contributed by atoms with Gasteiger partial charge in [0.2, 0.25) is 5.91 Å². The molecule has 0 aromatic rings. The van der Waals surface area contributed by atoms with Crippen molar-refractivity contribution in [3.63, 3.8) is 0 Å². The van der Waals surface area contributed by atoms with Gasteiger partial charge in [0.15, 0.2) is 0 Å². The Balaban J connectivity index is 0.00000110. The Morgan fingerprint density at radius 1 is 1.00 bits per heavy atom. The predicted molar refractivity (Wildman–Crippen MR) is 90.3 cm³/mol. The summed E-state index contributed by atoms with van der Waals surface area (Å²) in [5.41, 5.74) is 6.01. The van der Waals surface area contributed by atoms with Crippen molar-refractivity contribution >= 4 is 30.7 Å². The highest BCUT2D eigenvalue weighted by Gasteiger charge is 2.37. The largest absolute Gasteiger partial charge is 0.340 e. The van der Waals surface area contributed by atoms with Crippen LogP contribution in [0, 0.1) is 0 Å². The fourth-order valence-electron chi connectivity index (χ4n) is 3.83. The molecule has 1 aliphatic heterocycles. The molecule has 2 saturated carbocycles. The van der Waals surface area contributed by atoms with Crippen LogP contribution in [0.1, 0.15) is 51.4 Å². The molecule has 0 aromatic carbocycles. The molecule has 0 radical (unpaired) electrons. The fraction of sp³-hybridized carbons (Fsp3) is 0.933. The van der Waals surface area contributed by atoms with Crippen LogP contribution in [0.2, 0.25) is 0 Å². The van der Waals surface area contributed by atoms with Crippen LogP contribution < -0.4 is 5.73 Å². The zero-order valence-electron chi connectivity index (χ0n) is 12.8. The summed E-state index contributed by atoms with van der Waals surface area (Å²) < 4.78 is 0. The van der Waals surface area contributed by atoms with Gasteiger partial charge in [-0.3, -0.25) is 9.69 Å². The minimum Gasteiger partial charge on any atom is -0.340 e. The van der Waals surface area contributed by atoms with Crippen LogP contribution in [0.4, 0.5) is 0 Å². The van der Waals surface area contributed by atoms with E-state index in [0.29, 0.717) is 6.42 Å². The van der Waals surface area contributed by atoms with Gasteiger partial charge in [-0.2, -0.15) is 0 Å². The summed E-state index contributed by atoms with van der Waals surface area (Å²) in [6.45, 7) is 3.94. The van der Waals surface area contributed by atoms with Crippen molar-refractivity contribution < 1.29 is 4.79 Å². The maximum absolute atomic E-state index is 12.3. The first-order chi connectivity index (χ1) is 9.16. The number of amides is 1. The van der Waals surface area contributed by atoms with Crippen LogP contribution in [0.3, 0.4) is 0 Å². The molecule has 3 aliphatic rings. The molecule has 1 saturated heterocycles. The lowest BCUT2D eigenvalue weighted by Crippen LogP contribution is -2.55. The SMILES string of the molecule is Cl.Cl.NC1(CC(=O)N2CCN(C3CCCC3)CC2)CCC1. The fourth-order valence-corrected chi connectivity index (χ4v) is 3.83. The first-order valence-electron chi connectivity index (χ1n) is 7.97. The van der Waals surface area contributed by atoms with Crippen molar-refractivity contribution in [1.82, 2.24) is 9.80 Å². The van der Waals surface area contributed by atoms with Crippen LogP contribution in [0.25, 0.3) is 0 Å². The lowest BCUT2D eigenvalue weighted by Gasteiger charge is -2.42. The molecule has 124 valence electrons. The molecular weight excluding hydrogens is 309 g/mol. The molecule has 0 aromatic heterocycles. The van der Waals surface area contributed by atoms with Gasteiger partial charge >= 0.3 is 0 Å². The quantitative estimate of drug-likeness (QED) is 0.858. The molecule has 2 N–H and O–H groups in total. The van der Waals surface area contributed by atoms with Gasteiger partial charge < -0.3 is 10.6 Å². The number of hydrogen-bond donors (Lipinski definition) is 1. The minimum atomic E-state index is -0.167. The molecule has 3 fully saturated rings. The summed E-state index contributed by atoms with van der Waals surface area (Å²) in [7, 11) is 0. The van der Waals surface area contributed by atoms with Crippen molar-refractivity contribution in [2.24, 2.45) is 5.73 Å². The summed E-state index contributed by atoms with van der Waals surface area (Å²) in [4.78, 5) is 16.9. The van der Waals surface area contributed by atoms with Crippen LogP contribution in [0.15, 0.2) is 0 Å². The van der Waals surface area contributed by atoms with Gasteiger partial charge in [-0.15, -0.1) is 24.8 Å². The number of halogens is 2. The first-order valence-corrected chi connectivity index (χ1v) is 7.97. The van der Waals surface area contributed by atoms with Crippen molar-refractivity contribution in [3.8, 4) is 0 Å². The second-order valence-electron chi connectivity index (χ2n) is 6.75. The normalized spacial score (nSPS) is 25.7. The highest BCUT2D eigenvalue weighted by molar-refractivity contribution is 5.85. The maximum Gasteiger partial charge on any atom is 0.224 e. The summed E-state index contributed by atoms with van der Waals surface area (Å²) in [6, 6.07) is 0.796. The molecule has 0 unspecified atom stereocenters. The highest BCUT2D eigenvalue weighted by Crippen LogP contribution is 2.33. The Hall–Kier alpha value is -0.0300. The zero-order valence-corrected chi connectivity index (χ0v) is 14.4. The third-order valence-corrected chi connectivity index (χ3v) is 5.36. The van der Waals surface area contributed by atoms with E-state index >= 15 is 0 Å². The van der Waals surface area contributed by atoms with Gasteiger partial charge in [-0.05, 0) is 32.1 Å². The number of carbonyl (C=O) groups is 1. The second-order valence-corrected chi connectivity index (χ2v) is 6.75. The summed E-state index contributed by atoms with van der Waals surface area (Å²) in [5, 5.41) is 0. The number of rotatable bonds is 3. The average molecular weight is 338 g/mol. The van der Waals surface area contributed by atoms with Gasteiger partial charge in [0.05, 0.1) is 0 Å². The first kappa shape index (κ1) is 19.0. The van der Waals surface area contributed by atoms with E-state index in [1.807, 2.05) is 4.90 Å². The average Bonchev–Trinajstić information content (AvgIpc) is 2.91. The molecule has 4 nitrogen and oxygen atoms in total. The van der Waals surface area contributed by atoms with Crippen molar-refractivity contribution in [3.05, 3.63) is 0 Å². The molecule has 0 bridgehead atoms. The van der Waals surface area contributed by atoms with Gasteiger partial charge in [0, 0.05) is 44.2 Å². The molecule has 21 heavy (non-hydrogen) atoms. The molecule has 3 rings (SSSR count). The standard InChI is InChI=1S/C15H27N3O.2ClH/c16-15(6-3-7-15)12-14(19)18-10-8-17(9-11-18)13-4-1-2-5-13;;/h13H,1-12,16H2;2*1H. The van der Waals surface area contributed by atoms with Crippen molar-refractivity contribution in [2.45, 2.75) is 62.9 Å². The Labute approximate surface area is 140 Å². The Kier molecular flexibility index (Phi) is 7.25. The predicted octanol–water partition coefficient (Wildman–Crippen LogP) is 2.19. The molecule has 2 aliphatic carbocycles. The number of carbonyl (C=O) groups excluding carboxylic acids is 1. The van der Waals surface area contributed by atoms with Crippen LogP contribution in [-0.2, 0) is 4.79 Å². The number of nitrogens with zero attached hydrogens (tertiary/aromatic N) is 2. The summed E-state index contributed by atoms with van der Waals surface area (Å²) in [5.74, 6) is 0.285. The van der Waals surface area contributed by atoms with Crippen LogP contribution >= 0.6 is 24.8 Å². The lowest BCUT2D eigenvalue weighted by atomic mass is 9.75. The number of hydrogen-bond acceptors (Lipinski definition) is 3. The molecular formula is C15H29Cl2N3O. The third kappa shape index (κ3) is 4.47. The van der Waals surface area contributed by atoms with Gasteiger partial charge in [0.25, 0.3) is 0 Å². The zero-order chi connectivity index (χ0) is 13.3. The topological polar surface area (TPSA) is 49.6 Å². The summed E-state index contributed by atoms with van der Waals surface area (Å²) >= 11 is 0. The monoisotopic (exact) mass is 337 g/mol. The minimum absolute atomic E-state index is 0. The molecule has 0 spiro atoms. The van der Waals surface area contributed by atoms with Crippen LogP contribution in [-0.4, -0.2) is 53.5 Å². The third-order valence-electron chi connectivity index (χ3n) is 5.36. The number of piperazine rings is 1. The Morgan fingerprint density at radius 2 is 1.57 bits per heavy atom. The molecule has 0 atom stereocenters. The van der Waals surface area contributed by atoms with Crippen molar-refractivity contribution in [2.75, 3.05) is 26.2 Å². The molecule has 6 heteroatoms. The number of nitrogens with two attached hydrogens (primary N) is 1. The van der Waals surface area contributed by atoms with Gasteiger partial charge in [0.1, 0.15) is 0 Å². The van der Waals surface area contributed by atoms with E-state index in [4.69, 9.17) is 5.73 Å². The highest BCUT2D eigenvalue weighted by atomic mass is 35.5. The van der Waals surface area contributed by atoms with Crippen LogP contribution in [0.5, 0.6) is 0 Å². The lowest BCUT2D eigenvalue weighted by molar-refractivity contribution is -0.135. The second kappa shape index (κ2) is 8.00. The van der Waals surface area contributed by atoms with E-state index < -0.39 is 0 Å². The van der Waals surface area contributed by atoms with E-state index in [0.717, 1.165) is 45.1 Å². The Bertz CT molecular complexity index is 336. The van der Waals surface area contributed by atoms with E-state index in [-0.39, 0.29) is 36.3 Å². The smallest absolute Gasteiger partial charge is 0.224 e. The van der Waals surface area contributed by atoms with E-state index in [9.17, 15) is 4.79 Å². The van der Waals surface area contributed by atoms with Gasteiger partial charge in [-0.25, -0.2) is 0 Å². The molecule has 1 heterocycles.